The van der Waals surface area contributed by atoms with Gasteiger partial charge in [-0.1, -0.05) is 32.0 Å². The van der Waals surface area contributed by atoms with Crippen LogP contribution < -0.4 is 11.1 Å². The second-order valence-electron chi connectivity index (χ2n) is 7.66. The topological polar surface area (TPSA) is 75.4 Å². The van der Waals surface area contributed by atoms with Crippen molar-refractivity contribution in [3.63, 3.8) is 0 Å². The molecule has 6 heteroatoms. The molecular formula is C20H32ClN3O2. The van der Waals surface area contributed by atoms with Crippen LogP contribution in [0.2, 0.25) is 0 Å². The average Bonchev–Trinajstić information content (AvgIpc) is 2.90. The van der Waals surface area contributed by atoms with E-state index >= 15 is 0 Å². The molecule has 2 atom stereocenters. The number of rotatable bonds is 7. The van der Waals surface area contributed by atoms with Crippen LogP contribution in [0, 0.1) is 25.7 Å². The van der Waals surface area contributed by atoms with Crippen LogP contribution in [0.15, 0.2) is 18.2 Å². The molecule has 26 heavy (non-hydrogen) atoms. The molecule has 3 N–H and O–H groups in total. The maximum Gasteiger partial charge on any atom is 0.231 e. The van der Waals surface area contributed by atoms with E-state index in [1.165, 1.54) is 16.7 Å². The molecule has 0 unspecified atom stereocenters. The Morgan fingerprint density at radius 3 is 2.50 bits per heavy atom. The van der Waals surface area contributed by atoms with Gasteiger partial charge in [0.1, 0.15) is 0 Å². The minimum absolute atomic E-state index is 0. The molecule has 1 aliphatic heterocycles. The van der Waals surface area contributed by atoms with Gasteiger partial charge in [-0.2, -0.15) is 0 Å². The quantitative estimate of drug-likeness (QED) is 0.760. The zero-order valence-corrected chi connectivity index (χ0v) is 17.1. The molecule has 1 aliphatic rings. The largest absolute Gasteiger partial charge is 0.369 e. The molecule has 0 spiro atoms. The van der Waals surface area contributed by atoms with Gasteiger partial charge in [0.25, 0.3) is 0 Å². The molecule has 0 aromatic heterocycles. The highest BCUT2D eigenvalue weighted by Crippen LogP contribution is 2.24. The number of nitrogens with one attached hydrogen (secondary N) is 1. The fourth-order valence-corrected chi connectivity index (χ4v) is 3.59. The third kappa shape index (κ3) is 6.29. The molecule has 146 valence electrons. The SMILES string of the molecule is Cc1ccc(CCC(=O)N[C@H]2CN(CC(N)=O)C[C@@H]2C(C)C)cc1C.Cl. The first-order valence-electron chi connectivity index (χ1n) is 9.12. The maximum absolute atomic E-state index is 12.4. The van der Waals surface area contributed by atoms with Crippen LogP contribution in [-0.4, -0.2) is 42.4 Å². The Balaban J connectivity index is 0.00000338. The van der Waals surface area contributed by atoms with E-state index < -0.39 is 0 Å². The number of carbonyl (C=O) groups excluding carboxylic acids is 2. The van der Waals surface area contributed by atoms with E-state index in [9.17, 15) is 9.59 Å². The Bertz CT molecular complexity index is 633. The Labute approximate surface area is 163 Å². The van der Waals surface area contributed by atoms with Gasteiger partial charge in [0.05, 0.1) is 6.54 Å². The van der Waals surface area contributed by atoms with Crippen LogP contribution in [0.4, 0.5) is 0 Å². The van der Waals surface area contributed by atoms with Gasteiger partial charge < -0.3 is 11.1 Å². The fourth-order valence-electron chi connectivity index (χ4n) is 3.59. The van der Waals surface area contributed by atoms with Gasteiger partial charge in [0, 0.05) is 25.6 Å². The van der Waals surface area contributed by atoms with Crippen molar-refractivity contribution in [2.75, 3.05) is 19.6 Å². The fraction of sp³-hybridized carbons (Fsp3) is 0.600. The van der Waals surface area contributed by atoms with Gasteiger partial charge in [0.2, 0.25) is 11.8 Å². The molecule has 1 fully saturated rings. The number of nitrogens with zero attached hydrogens (tertiary/aromatic N) is 1. The van der Waals surface area contributed by atoms with Gasteiger partial charge in [0.15, 0.2) is 0 Å². The lowest BCUT2D eigenvalue weighted by Crippen LogP contribution is -2.42. The first-order valence-corrected chi connectivity index (χ1v) is 9.12. The lowest BCUT2D eigenvalue weighted by Gasteiger charge is -2.23. The number of amides is 2. The Hall–Kier alpha value is -1.59. The summed E-state index contributed by atoms with van der Waals surface area (Å²) in [6.45, 7) is 10.3. The lowest BCUT2D eigenvalue weighted by molar-refractivity contribution is -0.122. The van der Waals surface area contributed by atoms with Crippen molar-refractivity contribution in [2.24, 2.45) is 17.6 Å². The number of nitrogens with two attached hydrogens (primary N) is 1. The van der Waals surface area contributed by atoms with Crippen LogP contribution in [0.25, 0.3) is 0 Å². The number of carbonyl (C=O) groups is 2. The van der Waals surface area contributed by atoms with E-state index in [4.69, 9.17) is 5.73 Å². The van der Waals surface area contributed by atoms with Gasteiger partial charge in [-0.05, 0) is 48.8 Å². The average molecular weight is 382 g/mol. The van der Waals surface area contributed by atoms with Crippen LogP contribution in [0.1, 0.15) is 37.0 Å². The molecule has 1 saturated heterocycles. The number of benzene rings is 1. The smallest absolute Gasteiger partial charge is 0.231 e. The van der Waals surface area contributed by atoms with Crippen LogP contribution in [0.5, 0.6) is 0 Å². The van der Waals surface area contributed by atoms with Crippen molar-refractivity contribution < 1.29 is 9.59 Å². The van der Waals surface area contributed by atoms with Gasteiger partial charge in [-0.25, -0.2) is 0 Å². The number of aryl methyl sites for hydroxylation is 3. The number of hydrogen-bond acceptors (Lipinski definition) is 3. The van der Waals surface area contributed by atoms with E-state index in [-0.39, 0.29) is 36.8 Å². The molecule has 0 aliphatic carbocycles. The Morgan fingerprint density at radius 2 is 1.92 bits per heavy atom. The normalized spacial score (nSPS) is 20.0. The van der Waals surface area contributed by atoms with Crippen molar-refractivity contribution in [1.29, 1.82) is 0 Å². The van der Waals surface area contributed by atoms with Gasteiger partial charge in [-0.15, -0.1) is 12.4 Å². The van der Waals surface area contributed by atoms with Gasteiger partial charge in [-0.3, -0.25) is 14.5 Å². The van der Waals surface area contributed by atoms with Crippen molar-refractivity contribution in [2.45, 2.75) is 46.6 Å². The first kappa shape index (κ1) is 22.5. The van der Waals surface area contributed by atoms with Crippen molar-refractivity contribution in [3.8, 4) is 0 Å². The van der Waals surface area contributed by atoms with Crippen LogP contribution in [-0.2, 0) is 16.0 Å². The molecule has 0 bridgehead atoms. The van der Waals surface area contributed by atoms with E-state index in [2.05, 4.69) is 51.2 Å². The predicted molar refractivity (Wildman–Crippen MR) is 107 cm³/mol. The Morgan fingerprint density at radius 1 is 1.23 bits per heavy atom. The molecule has 5 nitrogen and oxygen atoms in total. The zero-order valence-electron chi connectivity index (χ0n) is 16.2. The van der Waals surface area contributed by atoms with E-state index in [0.29, 0.717) is 24.8 Å². The summed E-state index contributed by atoms with van der Waals surface area (Å²) >= 11 is 0. The third-order valence-corrected chi connectivity index (χ3v) is 5.23. The number of primary amides is 1. The summed E-state index contributed by atoms with van der Waals surface area (Å²) in [5, 5.41) is 3.18. The number of hydrogen-bond donors (Lipinski definition) is 2. The summed E-state index contributed by atoms with van der Waals surface area (Å²) in [5.74, 6) is 0.562. The minimum atomic E-state index is -0.316. The van der Waals surface area contributed by atoms with E-state index in [1.54, 1.807) is 0 Å². The summed E-state index contributed by atoms with van der Waals surface area (Å²) in [7, 11) is 0. The van der Waals surface area contributed by atoms with E-state index in [0.717, 1.165) is 13.0 Å². The molecule has 0 radical (unpaired) electrons. The Kier molecular flexibility index (Phi) is 8.57. The first-order chi connectivity index (χ1) is 11.8. The van der Waals surface area contributed by atoms with Gasteiger partial charge >= 0.3 is 0 Å². The second-order valence-corrected chi connectivity index (χ2v) is 7.66. The third-order valence-electron chi connectivity index (χ3n) is 5.23. The van der Waals surface area contributed by atoms with E-state index in [1.807, 2.05) is 4.90 Å². The maximum atomic E-state index is 12.4. The van der Waals surface area contributed by atoms with Crippen molar-refractivity contribution in [3.05, 3.63) is 34.9 Å². The summed E-state index contributed by atoms with van der Waals surface area (Å²) in [6.07, 6.45) is 1.23. The molecule has 1 aromatic carbocycles. The van der Waals surface area contributed by atoms with Crippen molar-refractivity contribution >= 4 is 24.2 Å². The standard InChI is InChI=1S/C20H31N3O2.ClH/c1-13(2)17-10-23(12-19(21)24)11-18(17)22-20(25)8-7-16-6-5-14(3)15(4)9-16;/h5-6,9,13,17-18H,7-8,10-12H2,1-4H3,(H2,21,24)(H,22,25);1H/t17-,18+;/m1./s1. The molecule has 1 aromatic rings. The predicted octanol–water partition coefficient (Wildman–Crippen LogP) is 2.22. The number of likely N-dealkylation sites (tertiary alicyclic amines) is 1. The van der Waals surface area contributed by atoms with Crippen LogP contribution >= 0.6 is 12.4 Å². The highest BCUT2D eigenvalue weighted by atomic mass is 35.5. The lowest BCUT2D eigenvalue weighted by atomic mass is 9.91. The second kappa shape index (κ2) is 9.93. The summed E-state index contributed by atoms with van der Waals surface area (Å²) in [5.41, 5.74) is 9.03. The zero-order chi connectivity index (χ0) is 18.6. The summed E-state index contributed by atoms with van der Waals surface area (Å²) < 4.78 is 0. The summed E-state index contributed by atoms with van der Waals surface area (Å²) in [4.78, 5) is 25.6. The molecule has 1 heterocycles. The summed E-state index contributed by atoms with van der Waals surface area (Å²) in [6, 6.07) is 6.45. The monoisotopic (exact) mass is 381 g/mol. The molecule has 2 rings (SSSR count). The minimum Gasteiger partial charge on any atom is -0.369 e. The molecule has 2 amide bonds. The molecule has 0 saturated carbocycles. The molecular weight excluding hydrogens is 350 g/mol. The number of halogens is 1. The highest BCUT2D eigenvalue weighted by molar-refractivity contribution is 5.85. The van der Waals surface area contributed by atoms with Crippen LogP contribution in [0.3, 0.4) is 0 Å². The van der Waals surface area contributed by atoms with Crippen molar-refractivity contribution in [1.82, 2.24) is 10.2 Å². The highest BCUT2D eigenvalue weighted by Gasteiger charge is 2.35.